The van der Waals surface area contributed by atoms with Crippen molar-refractivity contribution in [2.24, 2.45) is 0 Å². The van der Waals surface area contributed by atoms with E-state index in [1.165, 1.54) is 4.31 Å². The van der Waals surface area contributed by atoms with Crippen LogP contribution in [0, 0.1) is 0 Å². The van der Waals surface area contributed by atoms with Gasteiger partial charge in [0.2, 0.25) is 10.0 Å². The van der Waals surface area contributed by atoms with E-state index in [1.807, 2.05) is 32.9 Å². The number of rotatable bonds is 4. The summed E-state index contributed by atoms with van der Waals surface area (Å²) in [7, 11) is -3.38. The molecule has 0 aromatic heterocycles. The van der Waals surface area contributed by atoms with Gasteiger partial charge in [0.1, 0.15) is 0 Å². The molecule has 0 atom stereocenters. The summed E-state index contributed by atoms with van der Waals surface area (Å²) < 4.78 is 26.7. The summed E-state index contributed by atoms with van der Waals surface area (Å²) in [6.07, 6.45) is 2.00. The van der Waals surface area contributed by atoms with Gasteiger partial charge in [0.25, 0.3) is 0 Å². The van der Waals surface area contributed by atoms with Gasteiger partial charge >= 0.3 is 0 Å². The molecule has 1 N–H and O–H groups in total. The lowest BCUT2D eigenvalue weighted by Gasteiger charge is -2.25. The molecule has 0 radical (unpaired) electrons. The first-order valence-electron chi connectivity index (χ1n) is 6.85. The smallest absolute Gasteiger partial charge is 0.243 e. The summed E-state index contributed by atoms with van der Waals surface area (Å²) in [6.45, 7) is 7.14. The highest BCUT2D eigenvalue weighted by atomic mass is 32.2. The van der Waals surface area contributed by atoms with Crippen molar-refractivity contribution in [3.05, 3.63) is 23.8 Å². The van der Waals surface area contributed by atoms with Crippen LogP contribution in [0.2, 0.25) is 0 Å². The molecule has 1 aromatic rings. The first kappa shape index (κ1) is 14.3. The minimum Gasteiger partial charge on any atom is -0.385 e. The van der Waals surface area contributed by atoms with Gasteiger partial charge < -0.3 is 5.32 Å². The Hall–Kier alpha value is -1.07. The molecule has 0 saturated carbocycles. The van der Waals surface area contributed by atoms with E-state index in [9.17, 15) is 8.42 Å². The molecule has 0 unspecified atom stereocenters. The molecule has 4 nitrogen and oxygen atoms in total. The molecule has 0 bridgehead atoms. The summed E-state index contributed by atoms with van der Waals surface area (Å²) in [5, 5.41) is 3.30. The fraction of sp³-hybridized carbons (Fsp3) is 0.571. The summed E-state index contributed by atoms with van der Waals surface area (Å²) in [6, 6.07) is 5.39. The van der Waals surface area contributed by atoms with Crippen molar-refractivity contribution in [2.45, 2.75) is 44.6 Å². The first-order chi connectivity index (χ1) is 8.96. The summed E-state index contributed by atoms with van der Waals surface area (Å²) in [5.41, 5.74) is 2.17. The minimum absolute atomic E-state index is 0.0239. The maximum absolute atomic E-state index is 12.6. The minimum atomic E-state index is -3.38. The Morgan fingerprint density at radius 3 is 2.74 bits per heavy atom. The third-order valence-electron chi connectivity index (χ3n) is 3.51. The van der Waals surface area contributed by atoms with Crippen LogP contribution in [0.1, 0.15) is 32.8 Å². The van der Waals surface area contributed by atoms with Crippen molar-refractivity contribution < 1.29 is 8.42 Å². The maximum Gasteiger partial charge on any atom is 0.243 e. The van der Waals surface area contributed by atoms with Gasteiger partial charge in [-0.25, -0.2) is 8.42 Å². The predicted octanol–water partition coefficient (Wildman–Crippen LogP) is 2.46. The number of aryl methyl sites for hydroxylation is 1. The summed E-state index contributed by atoms with van der Waals surface area (Å²) in [4.78, 5) is 0.408. The quantitative estimate of drug-likeness (QED) is 0.923. The van der Waals surface area contributed by atoms with Gasteiger partial charge in [-0.05, 0) is 50.5 Å². The van der Waals surface area contributed by atoms with Crippen LogP contribution in [0.5, 0.6) is 0 Å². The van der Waals surface area contributed by atoms with Crippen LogP contribution in [0.15, 0.2) is 23.1 Å². The average molecular weight is 282 g/mol. The van der Waals surface area contributed by atoms with E-state index >= 15 is 0 Å². The molecule has 1 heterocycles. The van der Waals surface area contributed by atoms with Crippen molar-refractivity contribution in [3.63, 3.8) is 0 Å². The van der Waals surface area contributed by atoms with Gasteiger partial charge in [0.15, 0.2) is 0 Å². The van der Waals surface area contributed by atoms with E-state index in [1.54, 1.807) is 6.07 Å². The molecular formula is C14H22N2O2S. The van der Waals surface area contributed by atoms with Crippen LogP contribution < -0.4 is 5.32 Å². The average Bonchev–Trinajstić information content (AvgIpc) is 2.38. The fourth-order valence-corrected chi connectivity index (χ4v) is 4.26. The number of hydrogen-bond donors (Lipinski definition) is 1. The molecule has 5 heteroatoms. The van der Waals surface area contributed by atoms with E-state index in [0.717, 1.165) is 30.6 Å². The van der Waals surface area contributed by atoms with Gasteiger partial charge in [-0.15, -0.1) is 0 Å². The van der Waals surface area contributed by atoms with Gasteiger partial charge in [-0.2, -0.15) is 4.31 Å². The Morgan fingerprint density at radius 2 is 2.11 bits per heavy atom. The van der Waals surface area contributed by atoms with E-state index in [0.29, 0.717) is 11.4 Å². The lowest BCUT2D eigenvalue weighted by atomic mass is 10.0. The second-order valence-electron chi connectivity index (χ2n) is 5.15. The summed E-state index contributed by atoms with van der Waals surface area (Å²) >= 11 is 0. The molecule has 0 saturated heterocycles. The van der Waals surface area contributed by atoms with Crippen LogP contribution in [-0.4, -0.2) is 31.9 Å². The number of sulfonamides is 1. The molecule has 106 valence electrons. The molecule has 0 amide bonds. The zero-order valence-electron chi connectivity index (χ0n) is 11.8. The second kappa shape index (κ2) is 5.51. The number of nitrogens with one attached hydrogen (secondary N) is 1. The van der Waals surface area contributed by atoms with E-state index in [2.05, 4.69) is 5.32 Å². The standard InChI is InChI=1S/C14H22N2O2S/c1-4-16(11(2)3)19(17,18)13-7-8-14-12(10-13)6-5-9-15-14/h7-8,10-11,15H,4-6,9H2,1-3H3. The Kier molecular flexibility index (Phi) is 4.16. The lowest BCUT2D eigenvalue weighted by Crippen LogP contribution is -2.36. The highest BCUT2D eigenvalue weighted by Crippen LogP contribution is 2.27. The zero-order valence-corrected chi connectivity index (χ0v) is 12.6. The predicted molar refractivity (Wildman–Crippen MR) is 78.0 cm³/mol. The van der Waals surface area contributed by atoms with Crippen LogP contribution in [-0.2, 0) is 16.4 Å². The molecule has 1 aromatic carbocycles. The van der Waals surface area contributed by atoms with Gasteiger partial charge in [-0.1, -0.05) is 6.92 Å². The van der Waals surface area contributed by atoms with Gasteiger partial charge in [0, 0.05) is 24.8 Å². The van der Waals surface area contributed by atoms with Crippen LogP contribution in [0.4, 0.5) is 5.69 Å². The molecular weight excluding hydrogens is 260 g/mol. The fourth-order valence-electron chi connectivity index (χ4n) is 2.56. The van der Waals surface area contributed by atoms with E-state index in [4.69, 9.17) is 0 Å². The van der Waals surface area contributed by atoms with Gasteiger partial charge in [0.05, 0.1) is 4.90 Å². The first-order valence-corrected chi connectivity index (χ1v) is 8.29. The number of fused-ring (bicyclic) bond motifs is 1. The third kappa shape index (κ3) is 2.77. The largest absolute Gasteiger partial charge is 0.385 e. The van der Waals surface area contributed by atoms with Crippen molar-refractivity contribution in [2.75, 3.05) is 18.4 Å². The van der Waals surface area contributed by atoms with Crippen LogP contribution >= 0.6 is 0 Å². The molecule has 0 fully saturated rings. The van der Waals surface area contributed by atoms with Crippen molar-refractivity contribution in [3.8, 4) is 0 Å². The zero-order chi connectivity index (χ0) is 14.0. The molecule has 1 aliphatic heterocycles. The van der Waals surface area contributed by atoms with Crippen LogP contribution in [0.3, 0.4) is 0 Å². The lowest BCUT2D eigenvalue weighted by molar-refractivity contribution is 0.369. The van der Waals surface area contributed by atoms with Crippen LogP contribution in [0.25, 0.3) is 0 Å². The highest BCUT2D eigenvalue weighted by molar-refractivity contribution is 7.89. The van der Waals surface area contributed by atoms with Gasteiger partial charge in [-0.3, -0.25) is 0 Å². The molecule has 19 heavy (non-hydrogen) atoms. The molecule has 1 aliphatic rings. The van der Waals surface area contributed by atoms with Crippen molar-refractivity contribution >= 4 is 15.7 Å². The maximum atomic E-state index is 12.6. The van der Waals surface area contributed by atoms with E-state index < -0.39 is 10.0 Å². The van der Waals surface area contributed by atoms with Crippen molar-refractivity contribution in [1.29, 1.82) is 0 Å². The number of benzene rings is 1. The third-order valence-corrected chi connectivity index (χ3v) is 5.66. The number of hydrogen-bond acceptors (Lipinski definition) is 3. The SMILES string of the molecule is CCN(C(C)C)S(=O)(=O)c1ccc2c(c1)CCCN2. The summed E-state index contributed by atoms with van der Waals surface area (Å²) in [5.74, 6) is 0. The molecule has 2 rings (SSSR count). The second-order valence-corrected chi connectivity index (χ2v) is 7.04. The monoisotopic (exact) mass is 282 g/mol. The number of nitrogens with zero attached hydrogens (tertiary/aromatic N) is 1. The highest BCUT2D eigenvalue weighted by Gasteiger charge is 2.26. The topological polar surface area (TPSA) is 49.4 Å². The molecule has 0 spiro atoms. The normalized spacial score (nSPS) is 15.4. The van der Waals surface area contributed by atoms with Crippen molar-refractivity contribution in [1.82, 2.24) is 4.31 Å². The molecule has 0 aliphatic carbocycles. The Bertz CT molecular complexity index is 553. The van der Waals surface area contributed by atoms with E-state index in [-0.39, 0.29) is 6.04 Å². The Balaban J connectivity index is 2.40. The Labute approximate surface area is 115 Å². The number of anilines is 1. The Morgan fingerprint density at radius 1 is 1.37 bits per heavy atom.